The number of hydrogen-bond donors (Lipinski definition) is 2. The van der Waals surface area contributed by atoms with Crippen LogP contribution >= 0.6 is 8.25 Å². The minimum Gasteiger partial charge on any atom is -0.396 e. The van der Waals surface area contributed by atoms with E-state index < -0.39 is 13.9 Å². The average molecular weight is 251 g/mol. The van der Waals surface area contributed by atoms with Gasteiger partial charge in [0.1, 0.15) is 5.60 Å². The van der Waals surface area contributed by atoms with Gasteiger partial charge in [0.05, 0.1) is 0 Å². The second kappa shape index (κ2) is 8.13. The lowest BCUT2D eigenvalue weighted by Crippen LogP contribution is -2.40. The number of aliphatic hydroxyl groups excluding tert-OH is 1. The molecule has 0 aliphatic heterocycles. The van der Waals surface area contributed by atoms with Gasteiger partial charge >= 0.3 is 8.25 Å². The van der Waals surface area contributed by atoms with E-state index in [1.54, 1.807) is 0 Å². The van der Waals surface area contributed by atoms with Crippen LogP contribution in [0, 0.1) is 5.92 Å². The van der Waals surface area contributed by atoms with Gasteiger partial charge in [-0.3, -0.25) is 0 Å². The Kier molecular flexibility index (Phi) is 8.12. The number of unbranched alkanes of at least 4 members (excludes halogenated alkanes) is 1. The fourth-order valence-corrected chi connectivity index (χ4v) is 2.88. The normalized spacial score (nSPS) is 14.9. The molecule has 0 aliphatic carbocycles. The summed E-state index contributed by atoms with van der Waals surface area (Å²) in [6.07, 6.45) is 4.15. The van der Waals surface area contributed by atoms with Gasteiger partial charge in [0.15, 0.2) is 0 Å². The maximum Gasteiger partial charge on any atom is 0.695 e. The molecular weight excluding hydrogens is 227 g/mol. The van der Waals surface area contributed by atoms with Crippen LogP contribution in [-0.4, -0.2) is 22.2 Å². The van der Waals surface area contributed by atoms with E-state index in [4.69, 9.17) is 9.42 Å². The molecule has 0 amide bonds. The molecule has 0 aromatic heterocycles. The third kappa shape index (κ3) is 4.46. The van der Waals surface area contributed by atoms with Crippen LogP contribution in [0.5, 0.6) is 0 Å². The molecule has 0 heterocycles. The maximum absolute atomic E-state index is 10.9. The van der Waals surface area contributed by atoms with Crippen LogP contribution in [0.15, 0.2) is 0 Å². The summed E-state index contributed by atoms with van der Waals surface area (Å²) in [7, 11) is -2.61. The van der Waals surface area contributed by atoms with Gasteiger partial charge in [0, 0.05) is 17.1 Å². The van der Waals surface area contributed by atoms with Crippen LogP contribution in [0.1, 0.15) is 52.9 Å². The Balaban J connectivity index is 4.73. The summed E-state index contributed by atoms with van der Waals surface area (Å²) in [5.41, 5.74) is -0.661. The van der Waals surface area contributed by atoms with Crippen molar-refractivity contribution in [3.05, 3.63) is 0 Å². The third-order valence-electron chi connectivity index (χ3n) is 3.33. The second-order valence-electron chi connectivity index (χ2n) is 4.12. The summed E-state index contributed by atoms with van der Waals surface area (Å²) in [6.45, 7) is 5.94. The van der Waals surface area contributed by atoms with Crippen LogP contribution in [0.4, 0.5) is 0 Å². The van der Waals surface area contributed by atoms with E-state index in [1.165, 1.54) is 0 Å². The highest BCUT2D eigenvalue weighted by Crippen LogP contribution is 2.39. The topological polar surface area (TPSA) is 66.8 Å². The molecule has 5 heteroatoms. The highest BCUT2D eigenvalue weighted by Gasteiger charge is 2.43. The monoisotopic (exact) mass is 251 g/mol. The Morgan fingerprint density at radius 1 is 1.31 bits per heavy atom. The summed E-state index contributed by atoms with van der Waals surface area (Å²) >= 11 is 0. The lowest BCUT2D eigenvalue weighted by Gasteiger charge is -2.32. The van der Waals surface area contributed by atoms with Crippen molar-refractivity contribution >= 4 is 8.25 Å². The van der Waals surface area contributed by atoms with Gasteiger partial charge in [-0.2, -0.15) is 0 Å². The quantitative estimate of drug-likeness (QED) is 0.618. The largest absolute Gasteiger partial charge is 0.695 e. The van der Waals surface area contributed by atoms with E-state index in [-0.39, 0.29) is 12.5 Å². The van der Waals surface area contributed by atoms with E-state index in [2.05, 4.69) is 6.92 Å². The van der Waals surface area contributed by atoms with Crippen LogP contribution in [0.2, 0.25) is 0 Å². The van der Waals surface area contributed by atoms with E-state index >= 15 is 0 Å². The number of rotatable bonds is 9. The number of hydrogen-bond acceptors (Lipinski definition) is 3. The van der Waals surface area contributed by atoms with Gasteiger partial charge in [0.25, 0.3) is 0 Å². The molecule has 0 spiro atoms. The van der Waals surface area contributed by atoms with Crippen molar-refractivity contribution in [2.75, 3.05) is 6.61 Å². The standard InChI is InChI=1S/C11H23O4P/c1-4-7-8-10(9-12)11(5-2,6-3)15-16(13)14/h10,12H,4-9H2,1-3H3/p+1. The molecule has 2 N–H and O–H groups in total. The minimum atomic E-state index is -2.61. The SMILES string of the molecule is CCCCC(CO)C(CC)(CC)O[P+](=O)O. The smallest absolute Gasteiger partial charge is 0.396 e. The Morgan fingerprint density at radius 3 is 2.19 bits per heavy atom. The van der Waals surface area contributed by atoms with Crippen molar-refractivity contribution in [3.63, 3.8) is 0 Å². The first-order chi connectivity index (χ1) is 7.56. The van der Waals surface area contributed by atoms with Crippen LogP contribution in [0.25, 0.3) is 0 Å². The zero-order valence-corrected chi connectivity index (χ0v) is 11.4. The van der Waals surface area contributed by atoms with Crippen LogP contribution in [-0.2, 0) is 9.09 Å². The molecule has 96 valence electrons. The Morgan fingerprint density at radius 2 is 1.88 bits per heavy atom. The predicted molar refractivity (Wildman–Crippen MR) is 64.3 cm³/mol. The summed E-state index contributed by atoms with van der Waals surface area (Å²) in [6, 6.07) is 0. The van der Waals surface area contributed by atoms with E-state index in [9.17, 15) is 9.67 Å². The molecule has 0 radical (unpaired) electrons. The summed E-state index contributed by atoms with van der Waals surface area (Å²) in [5, 5.41) is 9.41. The molecule has 0 saturated heterocycles. The lowest BCUT2D eigenvalue weighted by molar-refractivity contribution is -0.0288. The first kappa shape index (κ1) is 16.0. The molecule has 0 aliphatic rings. The van der Waals surface area contributed by atoms with Crippen molar-refractivity contribution < 1.29 is 19.1 Å². The molecule has 2 unspecified atom stereocenters. The van der Waals surface area contributed by atoms with E-state index in [0.29, 0.717) is 12.8 Å². The molecule has 2 atom stereocenters. The lowest BCUT2D eigenvalue weighted by atomic mass is 9.80. The zero-order valence-electron chi connectivity index (χ0n) is 10.5. The van der Waals surface area contributed by atoms with Gasteiger partial charge in [0.2, 0.25) is 0 Å². The Hall–Kier alpha value is -0.0200. The Labute approximate surface area is 99.0 Å². The molecule has 0 aromatic carbocycles. The van der Waals surface area contributed by atoms with Crippen molar-refractivity contribution in [2.45, 2.75) is 58.5 Å². The van der Waals surface area contributed by atoms with E-state index in [1.807, 2.05) is 13.8 Å². The Bertz CT molecular complexity index is 204. The molecular formula is C11H24O4P+. The highest BCUT2D eigenvalue weighted by atomic mass is 31.1. The van der Waals surface area contributed by atoms with Gasteiger partial charge < -0.3 is 5.11 Å². The van der Waals surface area contributed by atoms with Crippen molar-refractivity contribution in [3.8, 4) is 0 Å². The molecule has 0 bridgehead atoms. The number of aliphatic hydroxyl groups is 1. The third-order valence-corrected chi connectivity index (χ3v) is 3.85. The van der Waals surface area contributed by atoms with Crippen molar-refractivity contribution in [2.24, 2.45) is 5.92 Å². The minimum absolute atomic E-state index is 0.00481. The second-order valence-corrected chi connectivity index (χ2v) is 4.78. The van der Waals surface area contributed by atoms with Gasteiger partial charge in [-0.25, -0.2) is 0 Å². The van der Waals surface area contributed by atoms with Crippen molar-refractivity contribution in [1.82, 2.24) is 0 Å². The molecule has 0 fully saturated rings. The zero-order chi connectivity index (χ0) is 12.6. The van der Waals surface area contributed by atoms with Crippen molar-refractivity contribution in [1.29, 1.82) is 0 Å². The fourth-order valence-electron chi connectivity index (χ4n) is 2.16. The van der Waals surface area contributed by atoms with E-state index in [0.717, 1.165) is 19.3 Å². The van der Waals surface area contributed by atoms with Gasteiger partial charge in [-0.05, 0) is 19.3 Å². The highest BCUT2D eigenvalue weighted by molar-refractivity contribution is 7.32. The first-order valence-electron chi connectivity index (χ1n) is 6.02. The predicted octanol–water partition coefficient (Wildman–Crippen LogP) is 3.01. The average Bonchev–Trinajstić information content (AvgIpc) is 2.27. The summed E-state index contributed by atoms with van der Waals surface area (Å²) < 4.78 is 16.1. The summed E-state index contributed by atoms with van der Waals surface area (Å²) in [4.78, 5) is 8.93. The molecule has 0 saturated carbocycles. The fraction of sp³-hybridized carbons (Fsp3) is 1.00. The maximum atomic E-state index is 10.9. The van der Waals surface area contributed by atoms with Crippen LogP contribution < -0.4 is 0 Å². The summed E-state index contributed by atoms with van der Waals surface area (Å²) in [5.74, 6) is -0.0615. The van der Waals surface area contributed by atoms with Gasteiger partial charge in [-0.15, -0.1) is 9.42 Å². The van der Waals surface area contributed by atoms with Crippen LogP contribution in [0.3, 0.4) is 0 Å². The van der Waals surface area contributed by atoms with Gasteiger partial charge in [-0.1, -0.05) is 33.6 Å². The molecule has 0 aromatic rings. The molecule has 0 rings (SSSR count). The first-order valence-corrected chi connectivity index (χ1v) is 7.15. The molecule has 4 nitrogen and oxygen atoms in total. The molecule has 16 heavy (non-hydrogen) atoms.